The Morgan fingerprint density at radius 3 is 2.60 bits per heavy atom. The van der Waals surface area contributed by atoms with Crippen LogP contribution in [0.3, 0.4) is 0 Å². The van der Waals surface area contributed by atoms with Crippen molar-refractivity contribution in [3.05, 3.63) is 35.4 Å². The van der Waals surface area contributed by atoms with Gasteiger partial charge in [0.2, 0.25) is 0 Å². The van der Waals surface area contributed by atoms with E-state index in [1.54, 1.807) is 12.1 Å². The summed E-state index contributed by atoms with van der Waals surface area (Å²) in [6.45, 7) is 4.41. The largest absolute Gasteiger partial charge is 0.478 e. The van der Waals surface area contributed by atoms with Crippen LogP contribution in [-0.2, 0) is 11.3 Å². The Balaban J connectivity index is 1.76. The summed E-state index contributed by atoms with van der Waals surface area (Å²) < 4.78 is 5.38. The fourth-order valence-electron chi connectivity index (χ4n) is 3.70. The smallest absolute Gasteiger partial charge is 0.336 e. The highest BCUT2D eigenvalue weighted by Crippen LogP contribution is 2.21. The van der Waals surface area contributed by atoms with Crippen LogP contribution >= 0.6 is 0 Å². The Morgan fingerprint density at radius 2 is 1.88 bits per heavy atom. The minimum Gasteiger partial charge on any atom is -0.478 e. The van der Waals surface area contributed by atoms with Gasteiger partial charge in [0.15, 0.2) is 0 Å². The number of benzene rings is 1. The zero-order chi connectivity index (χ0) is 17.8. The maximum atomic E-state index is 11.4. The highest BCUT2D eigenvalue weighted by atomic mass is 16.5. The summed E-state index contributed by atoms with van der Waals surface area (Å²) in [7, 11) is 0. The maximum Gasteiger partial charge on any atom is 0.336 e. The van der Waals surface area contributed by atoms with Gasteiger partial charge in [0, 0.05) is 32.7 Å². The van der Waals surface area contributed by atoms with Crippen molar-refractivity contribution in [2.75, 3.05) is 39.4 Å². The van der Waals surface area contributed by atoms with Gasteiger partial charge in [-0.15, -0.1) is 0 Å². The molecular formula is C18H26N2O5. The van der Waals surface area contributed by atoms with Crippen molar-refractivity contribution in [1.82, 2.24) is 9.80 Å². The molecule has 2 saturated heterocycles. The summed E-state index contributed by atoms with van der Waals surface area (Å²) in [4.78, 5) is 15.7. The molecule has 0 saturated carbocycles. The van der Waals surface area contributed by atoms with E-state index >= 15 is 0 Å². The first kappa shape index (κ1) is 18.3. The number of carboxylic acid groups (broad SMARTS) is 1. The molecule has 0 spiro atoms. The van der Waals surface area contributed by atoms with Crippen molar-refractivity contribution < 1.29 is 24.9 Å². The number of aliphatic hydroxyl groups is 2. The number of rotatable bonds is 4. The molecule has 1 aromatic rings. The number of likely N-dealkylation sites (tertiary alicyclic amines) is 1. The van der Waals surface area contributed by atoms with Crippen LogP contribution in [0.25, 0.3) is 0 Å². The van der Waals surface area contributed by atoms with E-state index in [2.05, 4.69) is 9.80 Å². The molecule has 3 rings (SSSR count). The molecule has 2 fully saturated rings. The molecule has 0 amide bonds. The van der Waals surface area contributed by atoms with Gasteiger partial charge in [0.25, 0.3) is 0 Å². The lowest BCUT2D eigenvalue weighted by Gasteiger charge is -2.38. The number of morpholine rings is 1. The highest BCUT2D eigenvalue weighted by molar-refractivity contribution is 5.89. The van der Waals surface area contributed by atoms with Crippen LogP contribution < -0.4 is 0 Å². The van der Waals surface area contributed by atoms with Crippen LogP contribution in [0, 0.1) is 0 Å². The molecule has 7 nitrogen and oxygen atoms in total. The molecule has 2 heterocycles. The second kappa shape index (κ2) is 8.25. The first-order valence-corrected chi connectivity index (χ1v) is 8.77. The van der Waals surface area contributed by atoms with Gasteiger partial charge >= 0.3 is 5.97 Å². The average Bonchev–Trinajstić information content (AvgIpc) is 2.76. The average molecular weight is 350 g/mol. The van der Waals surface area contributed by atoms with Crippen molar-refractivity contribution >= 4 is 5.97 Å². The first-order chi connectivity index (χ1) is 12.1. The summed E-state index contributed by atoms with van der Waals surface area (Å²) in [5.74, 6) is -0.935. The molecule has 0 aliphatic carbocycles. The van der Waals surface area contributed by atoms with Crippen LogP contribution in [0.2, 0.25) is 0 Å². The number of carboxylic acids is 1. The van der Waals surface area contributed by atoms with E-state index in [0.717, 1.165) is 18.7 Å². The van der Waals surface area contributed by atoms with Crippen molar-refractivity contribution in [2.45, 2.75) is 31.2 Å². The topological polar surface area (TPSA) is 93.5 Å². The summed E-state index contributed by atoms with van der Waals surface area (Å²) in [6.07, 6.45) is -1.11. The molecule has 1 aromatic carbocycles. The van der Waals surface area contributed by atoms with Crippen LogP contribution in [0.1, 0.15) is 22.3 Å². The lowest BCUT2D eigenvalue weighted by atomic mass is 10.0. The summed E-state index contributed by atoms with van der Waals surface area (Å²) >= 11 is 0. The zero-order valence-electron chi connectivity index (χ0n) is 14.3. The SMILES string of the molecule is O=C(O)c1ccccc1CN1CC[C@@H](O)[C@@H](O)[C@H](N2CCOCC2)C1. The molecule has 3 N–H and O–H groups in total. The monoisotopic (exact) mass is 350 g/mol. The predicted molar refractivity (Wildman–Crippen MR) is 91.5 cm³/mol. The van der Waals surface area contributed by atoms with Crippen molar-refractivity contribution in [3.8, 4) is 0 Å². The molecule has 0 unspecified atom stereocenters. The number of aromatic carboxylic acids is 1. The standard InChI is InChI=1S/C18H26N2O5/c21-16-5-6-19(11-13-3-1-2-4-14(13)18(23)24)12-15(17(16)22)20-7-9-25-10-8-20/h1-4,15-17,21-22H,5-12H2,(H,23,24)/t15-,16-,17+/m1/s1. The van der Waals surface area contributed by atoms with Crippen molar-refractivity contribution in [1.29, 1.82) is 0 Å². The molecule has 0 aromatic heterocycles. The highest BCUT2D eigenvalue weighted by Gasteiger charge is 2.36. The second-order valence-electron chi connectivity index (χ2n) is 6.76. The van der Waals surface area contributed by atoms with Crippen LogP contribution in [-0.4, -0.2) is 88.7 Å². The third kappa shape index (κ3) is 4.37. The van der Waals surface area contributed by atoms with E-state index < -0.39 is 18.2 Å². The van der Waals surface area contributed by atoms with Crippen molar-refractivity contribution in [3.63, 3.8) is 0 Å². The Kier molecular flexibility index (Phi) is 6.03. The molecule has 3 atom stereocenters. The quantitative estimate of drug-likeness (QED) is 0.704. The number of carbonyl (C=O) groups is 1. The van der Waals surface area contributed by atoms with E-state index in [-0.39, 0.29) is 6.04 Å². The fourth-order valence-corrected chi connectivity index (χ4v) is 3.70. The molecule has 0 radical (unpaired) electrons. The molecule has 2 aliphatic rings. The van der Waals surface area contributed by atoms with Gasteiger partial charge in [-0.3, -0.25) is 9.80 Å². The molecule has 138 valence electrons. The fraction of sp³-hybridized carbons (Fsp3) is 0.611. The Hall–Kier alpha value is -1.51. The van der Waals surface area contributed by atoms with Crippen LogP contribution in [0.15, 0.2) is 24.3 Å². The first-order valence-electron chi connectivity index (χ1n) is 8.77. The zero-order valence-corrected chi connectivity index (χ0v) is 14.3. The second-order valence-corrected chi connectivity index (χ2v) is 6.76. The third-order valence-corrected chi connectivity index (χ3v) is 5.13. The van der Waals surface area contributed by atoms with Gasteiger partial charge in [-0.25, -0.2) is 4.79 Å². The Morgan fingerprint density at radius 1 is 1.16 bits per heavy atom. The number of hydrogen-bond acceptors (Lipinski definition) is 6. The number of aliphatic hydroxyl groups excluding tert-OH is 2. The van der Waals surface area contributed by atoms with Gasteiger partial charge in [-0.05, 0) is 18.1 Å². The van der Waals surface area contributed by atoms with E-state index in [4.69, 9.17) is 4.74 Å². The maximum absolute atomic E-state index is 11.4. The minimum absolute atomic E-state index is 0.182. The van der Waals surface area contributed by atoms with Gasteiger partial charge in [0.05, 0.1) is 37.0 Å². The summed E-state index contributed by atoms with van der Waals surface area (Å²) in [6, 6.07) is 6.81. The number of ether oxygens (including phenoxy) is 1. The summed E-state index contributed by atoms with van der Waals surface area (Å²) in [5.41, 5.74) is 1.05. The van der Waals surface area contributed by atoms with Gasteiger partial charge in [0.1, 0.15) is 0 Å². The lowest BCUT2D eigenvalue weighted by Crippen LogP contribution is -2.55. The molecule has 25 heavy (non-hydrogen) atoms. The van der Waals surface area contributed by atoms with Crippen LogP contribution in [0.5, 0.6) is 0 Å². The van der Waals surface area contributed by atoms with Crippen LogP contribution in [0.4, 0.5) is 0 Å². The van der Waals surface area contributed by atoms with E-state index in [0.29, 0.717) is 44.8 Å². The van der Waals surface area contributed by atoms with E-state index in [1.165, 1.54) is 0 Å². The lowest BCUT2D eigenvalue weighted by molar-refractivity contribution is -0.0618. The molecule has 7 heteroatoms. The Labute approximate surface area is 147 Å². The Bertz CT molecular complexity index is 591. The number of hydrogen-bond donors (Lipinski definition) is 3. The number of nitrogens with zero attached hydrogens (tertiary/aromatic N) is 2. The molecule has 0 bridgehead atoms. The normalized spacial score (nSPS) is 29.3. The van der Waals surface area contributed by atoms with Gasteiger partial charge < -0.3 is 20.1 Å². The van der Waals surface area contributed by atoms with E-state index in [1.807, 2.05) is 12.1 Å². The van der Waals surface area contributed by atoms with E-state index in [9.17, 15) is 20.1 Å². The van der Waals surface area contributed by atoms with Gasteiger partial charge in [-0.2, -0.15) is 0 Å². The minimum atomic E-state index is -0.935. The molecule has 2 aliphatic heterocycles. The molecular weight excluding hydrogens is 324 g/mol. The predicted octanol–water partition coefficient (Wildman–Crippen LogP) is 0.0131. The van der Waals surface area contributed by atoms with Gasteiger partial charge in [-0.1, -0.05) is 18.2 Å². The summed E-state index contributed by atoms with van der Waals surface area (Å²) in [5, 5.41) is 30.2. The van der Waals surface area contributed by atoms with Crippen molar-refractivity contribution in [2.24, 2.45) is 0 Å². The third-order valence-electron chi connectivity index (χ3n) is 5.13.